The van der Waals surface area contributed by atoms with E-state index in [9.17, 15) is 13.5 Å². The van der Waals surface area contributed by atoms with Crippen molar-refractivity contribution >= 4 is 10.1 Å². The van der Waals surface area contributed by atoms with Crippen LogP contribution in [-0.4, -0.2) is 24.7 Å². The van der Waals surface area contributed by atoms with Crippen molar-refractivity contribution in [3.05, 3.63) is 29.3 Å². The van der Waals surface area contributed by atoms with Crippen LogP contribution in [0, 0.1) is 0 Å². The second kappa shape index (κ2) is 3.48. The Morgan fingerprint density at radius 2 is 2.13 bits per heavy atom. The average molecular weight is 230 g/mol. The van der Waals surface area contributed by atoms with Crippen LogP contribution >= 0.6 is 0 Å². The Hall–Kier alpha value is -1.11. The van der Waals surface area contributed by atoms with Gasteiger partial charge in [0.05, 0.1) is 6.61 Å². The molecule has 0 saturated carbocycles. The summed E-state index contributed by atoms with van der Waals surface area (Å²) in [6, 6.07) is 4.54. The van der Waals surface area contributed by atoms with Crippen LogP contribution in [0.25, 0.3) is 0 Å². The number of fused-ring (bicyclic) bond motifs is 1. The summed E-state index contributed by atoms with van der Waals surface area (Å²) in [5.74, 6) is 0.696. The monoisotopic (exact) mass is 230 g/mol. The number of rotatable bonds is 2. The van der Waals surface area contributed by atoms with E-state index in [1.165, 1.54) is 12.1 Å². The molecule has 0 spiro atoms. The minimum absolute atomic E-state index is 0.154. The molecule has 0 amide bonds. The molecule has 1 aliphatic rings. The first-order chi connectivity index (χ1) is 6.98. The summed E-state index contributed by atoms with van der Waals surface area (Å²) in [5.41, 5.74) is -0.889. The maximum absolute atomic E-state index is 10.7. The van der Waals surface area contributed by atoms with Crippen LogP contribution in [0.4, 0.5) is 0 Å². The molecule has 0 radical (unpaired) electrons. The van der Waals surface area contributed by atoms with Gasteiger partial charge in [-0.1, -0.05) is 6.07 Å². The summed E-state index contributed by atoms with van der Waals surface area (Å²) in [6.07, 6.45) is 0.682. The third-order valence-corrected chi connectivity index (χ3v) is 3.12. The highest BCUT2D eigenvalue weighted by molar-refractivity contribution is 7.85. The van der Waals surface area contributed by atoms with Crippen molar-refractivity contribution in [1.29, 1.82) is 0 Å². The number of benzene rings is 1. The zero-order valence-corrected chi connectivity index (χ0v) is 8.57. The quantitative estimate of drug-likeness (QED) is 0.723. The third kappa shape index (κ3) is 1.97. The molecule has 6 heteroatoms. The van der Waals surface area contributed by atoms with Gasteiger partial charge in [0.2, 0.25) is 5.44 Å². The van der Waals surface area contributed by atoms with Gasteiger partial charge in [-0.25, -0.2) is 0 Å². The minimum atomic E-state index is -4.46. The molecule has 1 aromatic rings. The number of aliphatic hydroxyl groups is 1. The number of hydrogen-bond acceptors (Lipinski definition) is 4. The largest absolute Gasteiger partial charge is 0.493 e. The highest BCUT2D eigenvalue weighted by atomic mass is 32.2. The molecule has 2 N–H and O–H groups in total. The van der Waals surface area contributed by atoms with E-state index in [2.05, 4.69) is 0 Å². The first-order valence-corrected chi connectivity index (χ1v) is 5.89. The minimum Gasteiger partial charge on any atom is -0.493 e. The highest BCUT2D eigenvalue weighted by Crippen LogP contribution is 2.29. The number of hydrogen-bond donors (Lipinski definition) is 2. The fourth-order valence-corrected chi connectivity index (χ4v) is 2.02. The van der Waals surface area contributed by atoms with Crippen LogP contribution in [0.5, 0.6) is 5.75 Å². The lowest BCUT2D eigenvalue weighted by Gasteiger charge is -2.08. The van der Waals surface area contributed by atoms with Gasteiger partial charge >= 0.3 is 0 Å². The Kier molecular flexibility index (Phi) is 2.41. The molecule has 1 heterocycles. The zero-order valence-electron chi connectivity index (χ0n) is 7.75. The van der Waals surface area contributed by atoms with Gasteiger partial charge in [0.15, 0.2) is 0 Å². The Morgan fingerprint density at radius 1 is 1.40 bits per heavy atom. The van der Waals surface area contributed by atoms with Gasteiger partial charge in [0, 0.05) is 6.42 Å². The zero-order chi connectivity index (χ0) is 11.1. The van der Waals surface area contributed by atoms with Crippen molar-refractivity contribution < 1.29 is 22.8 Å². The Morgan fingerprint density at radius 3 is 2.80 bits per heavy atom. The van der Waals surface area contributed by atoms with Gasteiger partial charge in [-0.2, -0.15) is 8.42 Å². The molecule has 0 aromatic heterocycles. The third-order valence-electron chi connectivity index (χ3n) is 2.28. The molecule has 1 aromatic carbocycles. The van der Waals surface area contributed by atoms with Gasteiger partial charge < -0.3 is 9.84 Å². The Labute approximate surface area is 87.1 Å². The van der Waals surface area contributed by atoms with Crippen molar-refractivity contribution in [1.82, 2.24) is 0 Å². The van der Waals surface area contributed by atoms with Crippen LogP contribution in [0.1, 0.15) is 16.6 Å². The van der Waals surface area contributed by atoms with Gasteiger partial charge in [-0.05, 0) is 23.3 Å². The van der Waals surface area contributed by atoms with Crippen LogP contribution in [0.3, 0.4) is 0 Å². The lowest BCUT2D eigenvalue weighted by atomic mass is 10.1. The predicted molar refractivity (Wildman–Crippen MR) is 52.1 cm³/mol. The van der Waals surface area contributed by atoms with Crippen LogP contribution in [0.2, 0.25) is 0 Å². The van der Waals surface area contributed by atoms with Crippen LogP contribution in [0.15, 0.2) is 18.2 Å². The topological polar surface area (TPSA) is 83.8 Å². The molecule has 82 valence electrons. The first kappa shape index (κ1) is 10.4. The molecule has 15 heavy (non-hydrogen) atoms. The average Bonchev–Trinajstić information content (AvgIpc) is 2.61. The first-order valence-electron chi connectivity index (χ1n) is 4.38. The van der Waals surface area contributed by atoms with E-state index in [1.807, 2.05) is 0 Å². The fraction of sp³-hybridized carbons (Fsp3) is 0.333. The molecule has 1 atom stereocenters. The van der Waals surface area contributed by atoms with Crippen LogP contribution < -0.4 is 4.74 Å². The van der Waals surface area contributed by atoms with Crippen molar-refractivity contribution in [3.8, 4) is 5.75 Å². The lowest BCUT2D eigenvalue weighted by molar-refractivity contribution is 0.238. The van der Waals surface area contributed by atoms with E-state index in [1.54, 1.807) is 6.07 Å². The molecule has 1 unspecified atom stereocenters. The molecule has 0 saturated heterocycles. The van der Waals surface area contributed by atoms with E-state index >= 15 is 0 Å². The molecule has 0 bridgehead atoms. The molecular formula is C9H10O5S. The van der Waals surface area contributed by atoms with E-state index in [4.69, 9.17) is 9.29 Å². The fourth-order valence-electron chi connectivity index (χ4n) is 1.53. The summed E-state index contributed by atoms with van der Waals surface area (Å²) < 4.78 is 35.3. The summed E-state index contributed by atoms with van der Waals surface area (Å²) >= 11 is 0. The molecular weight excluding hydrogens is 220 g/mol. The Balaban J connectivity index is 2.39. The molecule has 2 rings (SSSR count). The molecule has 1 aliphatic heterocycles. The SMILES string of the molecule is O=S(=O)(O)C(O)c1ccc2c(c1)CCO2. The van der Waals surface area contributed by atoms with Crippen molar-refractivity contribution in [2.75, 3.05) is 6.61 Å². The summed E-state index contributed by atoms with van der Waals surface area (Å²) in [4.78, 5) is 0. The predicted octanol–water partition coefficient (Wildman–Crippen LogP) is 0.500. The second-order valence-electron chi connectivity index (χ2n) is 3.33. The summed E-state index contributed by atoms with van der Waals surface area (Å²) in [6.45, 7) is 0.556. The maximum atomic E-state index is 10.7. The summed E-state index contributed by atoms with van der Waals surface area (Å²) in [5, 5.41) is 9.31. The highest BCUT2D eigenvalue weighted by Gasteiger charge is 2.23. The van der Waals surface area contributed by atoms with E-state index < -0.39 is 15.6 Å². The summed E-state index contributed by atoms with van der Waals surface area (Å²) in [7, 11) is -4.46. The maximum Gasteiger partial charge on any atom is 0.296 e. The van der Waals surface area contributed by atoms with Crippen molar-refractivity contribution in [2.24, 2.45) is 0 Å². The van der Waals surface area contributed by atoms with E-state index in [-0.39, 0.29) is 5.56 Å². The van der Waals surface area contributed by atoms with Gasteiger partial charge in [-0.15, -0.1) is 0 Å². The molecule has 5 nitrogen and oxygen atoms in total. The van der Waals surface area contributed by atoms with Gasteiger partial charge in [0.1, 0.15) is 5.75 Å². The number of ether oxygens (including phenoxy) is 1. The van der Waals surface area contributed by atoms with Crippen molar-refractivity contribution in [2.45, 2.75) is 11.9 Å². The van der Waals surface area contributed by atoms with Crippen molar-refractivity contribution in [3.63, 3.8) is 0 Å². The van der Waals surface area contributed by atoms with Gasteiger partial charge in [0.25, 0.3) is 10.1 Å². The smallest absolute Gasteiger partial charge is 0.296 e. The van der Waals surface area contributed by atoms with E-state index in [0.29, 0.717) is 18.8 Å². The molecule has 0 fully saturated rings. The Bertz CT molecular complexity index is 479. The van der Waals surface area contributed by atoms with Crippen LogP contribution in [-0.2, 0) is 16.5 Å². The lowest BCUT2D eigenvalue weighted by Crippen LogP contribution is -2.11. The standard InChI is InChI=1S/C9H10O5S/c10-9(15(11,12)13)7-1-2-8-6(5-7)3-4-14-8/h1-2,5,9-10H,3-4H2,(H,11,12,13). The van der Waals surface area contributed by atoms with Gasteiger partial charge in [-0.3, -0.25) is 4.55 Å². The van der Waals surface area contributed by atoms with E-state index in [0.717, 1.165) is 5.56 Å². The normalized spacial score (nSPS) is 16.9. The second-order valence-corrected chi connectivity index (χ2v) is 4.81. The number of aliphatic hydroxyl groups excluding tert-OH is 1. The molecule has 0 aliphatic carbocycles.